The molecule has 0 bridgehead atoms. The fourth-order valence-electron chi connectivity index (χ4n) is 3.13. The van der Waals surface area contributed by atoms with Gasteiger partial charge in [-0.3, -0.25) is 9.89 Å². The van der Waals surface area contributed by atoms with Crippen LogP contribution in [-0.2, 0) is 16.6 Å². The molecule has 1 atom stereocenters. The Morgan fingerprint density at radius 2 is 2.30 bits per heavy atom. The van der Waals surface area contributed by atoms with Gasteiger partial charge in [-0.25, -0.2) is 4.68 Å². The van der Waals surface area contributed by atoms with E-state index in [2.05, 4.69) is 25.9 Å². The number of aryl methyl sites for hydroxylation is 2. The lowest BCUT2D eigenvalue weighted by molar-refractivity contribution is -0.125. The number of carbonyl (C=O) groups excluding carboxylic acids is 1. The zero-order valence-electron chi connectivity index (χ0n) is 13.6. The predicted molar refractivity (Wildman–Crippen MR) is 89.9 cm³/mol. The van der Waals surface area contributed by atoms with Crippen LogP contribution in [0, 0.1) is 12.3 Å². The van der Waals surface area contributed by atoms with Gasteiger partial charge in [-0.15, -0.1) is 12.4 Å². The minimum absolute atomic E-state index is 0. The summed E-state index contributed by atoms with van der Waals surface area (Å²) in [6, 6.07) is 0. The molecular formula is C14H23ClN6O2. The van der Waals surface area contributed by atoms with Crippen molar-refractivity contribution in [3.8, 4) is 0 Å². The smallest absolute Gasteiger partial charge is 0.233 e. The number of aromatic amines is 1. The SMILES string of the molecule is COCCC1(C(=O)Nc2[nH]nc3c2c(C)nn3C)CCNC1.Cl. The average molecular weight is 343 g/mol. The molecule has 2 aromatic rings. The minimum Gasteiger partial charge on any atom is -0.385 e. The summed E-state index contributed by atoms with van der Waals surface area (Å²) in [5.74, 6) is 0.623. The fourth-order valence-corrected chi connectivity index (χ4v) is 3.13. The maximum Gasteiger partial charge on any atom is 0.233 e. The highest BCUT2D eigenvalue weighted by molar-refractivity contribution is 6.02. The third-order valence-corrected chi connectivity index (χ3v) is 4.46. The quantitative estimate of drug-likeness (QED) is 0.752. The van der Waals surface area contributed by atoms with Crippen molar-refractivity contribution in [3.63, 3.8) is 0 Å². The number of nitrogens with zero attached hydrogens (tertiary/aromatic N) is 3. The number of halogens is 1. The average Bonchev–Trinajstić information content (AvgIpc) is 3.17. The predicted octanol–water partition coefficient (Wildman–Crippen LogP) is 0.981. The molecule has 0 saturated carbocycles. The molecule has 0 aliphatic carbocycles. The van der Waals surface area contributed by atoms with E-state index in [0.29, 0.717) is 25.4 Å². The van der Waals surface area contributed by atoms with Crippen LogP contribution in [0.25, 0.3) is 11.0 Å². The summed E-state index contributed by atoms with van der Waals surface area (Å²) in [5.41, 5.74) is 1.16. The molecule has 128 valence electrons. The maximum absolute atomic E-state index is 12.8. The van der Waals surface area contributed by atoms with E-state index in [1.165, 1.54) is 0 Å². The van der Waals surface area contributed by atoms with Crippen molar-refractivity contribution in [1.29, 1.82) is 0 Å². The van der Waals surface area contributed by atoms with E-state index in [9.17, 15) is 4.79 Å². The monoisotopic (exact) mass is 342 g/mol. The van der Waals surface area contributed by atoms with Crippen LogP contribution >= 0.6 is 12.4 Å². The lowest BCUT2D eigenvalue weighted by Crippen LogP contribution is -2.39. The van der Waals surface area contributed by atoms with E-state index >= 15 is 0 Å². The number of H-pyrrole nitrogens is 1. The van der Waals surface area contributed by atoms with Crippen LogP contribution in [0.15, 0.2) is 0 Å². The van der Waals surface area contributed by atoms with Gasteiger partial charge in [-0.05, 0) is 26.3 Å². The molecule has 2 aromatic heterocycles. The van der Waals surface area contributed by atoms with Crippen molar-refractivity contribution in [2.45, 2.75) is 19.8 Å². The molecule has 9 heteroatoms. The number of hydrogen-bond acceptors (Lipinski definition) is 5. The summed E-state index contributed by atoms with van der Waals surface area (Å²) in [4.78, 5) is 12.8. The highest BCUT2D eigenvalue weighted by Gasteiger charge is 2.41. The van der Waals surface area contributed by atoms with Crippen molar-refractivity contribution in [2.24, 2.45) is 12.5 Å². The van der Waals surface area contributed by atoms with Crippen LogP contribution in [0.4, 0.5) is 5.82 Å². The summed E-state index contributed by atoms with van der Waals surface area (Å²) in [6.45, 7) is 4.00. The largest absolute Gasteiger partial charge is 0.385 e. The van der Waals surface area contributed by atoms with Gasteiger partial charge in [-0.2, -0.15) is 10.2 Å². The number of rotatable bonds is 5. The first-order chi connectivity index (χ1) is 10.6. The molecule has 0 radical (unpaired) electrons. The molecule has 0 aromatic carbocycles. The molecule has 3 N–H and O–H groups in total. The highest BCUT2D eigenvalue weighted by Crippen LogP contribution is 2.32. The van der Waals surface area contributed by atoms with E-state index in [0.717, 1.165) is 29.7 Å². The highest BCUT2D eigenvalue weighted by atomic mass is 35.5. The third kappa shape index (κ3) is 3.06. The van der Waals surface area contributed by atoms with Gasteiger partial charge in [0.05, 0.1) is 16.5 Å². The van der Waals surface area contributed by atoms with Gasteiger partial charge in [0.15, 0.2) is 5.65 Å². The zero-order valence-corrected chi connectivity index (χ0v) is 14.4. The van der Waals surface area contributed by atoms with Crippen LogP contribution in [0.2, 0.25) is 0 Å². The van der Waals surface area contributed by atoms with E-state index in [4.69, 9.17) is 4.74 Å². The molecule has 0 spiro atoms. The van der Waals surface area contributed by atoms with Crippen molar-refractivity contribution in [1.82, 2.24) is 25.3 Å². The number of aromatic nitrogens is 4. The standard InChI is InChI=1S/C14H22N6O2.ClH/c1-9-10-11(17-18-12(10)20(2)19-9)16-13(21)14(5-7-22-3)4-6-15-8-14;/h15H,4-8H2,1-3H3,(H2,16,17,18,21);1H. The Bertz CT molecular complexity index is 689. The number of methoxy groups -OCH3 is 1. The second-order valence-corrected chi connectivity index (χ2v) is 5.91. The van der Waals surface area contributed by atoms with E-state index in [-0.39, 0.29) is 18.3 Å². The van der Waals surface area contributed by atoms with E-state index < -0.39 is 5.41 Å². The summed E-state index contributed by atoms with van der Waals surface area (Å²) in [5, 5.41) is 18.6. The molecule has 1 aliphatic heterocycles. The maximum atomic E-state index is 12.8. The normalized spacial score (nSPS) is 20.7. The van der Waals surface area contributed by atoms with Gasteiger partial charge in [0, 0.05) is 27.3 Å². The Morgan fingerprint density at radius 3 is 2.96 bits per heavy atom. The molecule has 1 unspecified atom stereocenters. The molecular weight excluding hydrogens is 320 g/mol. The molecule has 1 saturated heterocycles. The van der Waals surface area contributed by atoms with Gasteiger partial charge in [-0.1, -0.05) is 0 Å². The topological polar surface area (TPSA) is 96.9 Å². The number of carbonyl (C=O) groups is 1. The molecule has 23 heavy (non-hydrogen) atoms. The van der Waals surface area contributed by atoms with Crippen molar-refractivity contribution in [2.75, 3.05) is 32.1 Å². The number of hydrogen-bond donors (Lipinski definition) is 3. The molecule has 1 amide bonds. The number of anilines is 1. The van der Waals surface area contributed by atoms with Crippen molar-refractivity contribution >= 4 is 35.2 Å². The van der Waals surface area contributed by atoms with Crippen LogP contribution < -0.4 is 10.6 Å². The number of ether oxygens (including phenoxy) is 1. The molecule has 8 nitrogen and oxygen atoms in total. The third-order valence-electron chi connectivity index (χ3n) is 4.46. The molecule has 1 fully saturated rings. The second kappa shape index (κ2) is 6.86. The minimum atomic E-state index is -0.427. The number of amides is 1. The van der Waals surface area contributed by atoms with Crippen molar-refractivity contribution in [3.05, 3.63) is 5.69 Å². The Kier molecular flexibility index (Phi) is 5.28. The van der Waals surface area contributed by atoms with Gasteiger partial charge in [0.1, 0.15) is 5.82 Å². The summed E-state index contributed by atoms with van der Waals surface area (Å²) >= 11 is 0. The Morgan fingerprint density at radius 1 is 1.52 bits per heavy atom. The molecule has 3 heterocycles. The van der Waals surface area contributed by atoms with Crippen molar-refractivity contribution < 1.29 is 9.53 Å². The summed E-state index contributed by atoms with van der Waals surface area (Å²) < 4.78 is 6.87. The zero-order chi connectivity index (χ0) is 15.7. The van der Waals surface area contributed by atoms with Crippen LogP contribution in [0.5, 0.6) is 0 Å². The Labute approximate surface area is 140 Å². The Hall–Kier alpha value is -1.64. The first-order valence-electron chi connectivity index (χ1n) is 7.46. The molecule has 3 rings (SSSR count). The van der Waals surface area contributed by atoms with Gasteiger partial charge in [0.25, 0.3) is 0 Å². The van der Waals surface area contributed by atoms with E-state index in [1.807, 2.05) is 14.0 Å². The van der Waals surface area contributed by atoms with Crippen LogP contribution in [-0.4, -0.2) is 52.7 Å². The van der Waals surface area contributed by atoms with Gasteiger partial charge < -0.3 is 15.4 Å². The van der Waals surface area contributed by atoms with Crippen LogP contribution in [0.1, 0.15) is 18.5 Å². The Balaban J connectivity index is 0.00000192. The van der Waals surface area contributed by atoms with Crippen LogP contribution in [0.3, 0.4) is 0 Å². The second-order valence-electron chi connectivity index (χ2n) is 5.91. The lowest BCUT2D eigenvalue weighted by atomic mass is 9.83. The summed E-state index contributed by atoms with van der Waals surface area (Å²) in [6.07, 6.45) is 1.51. The lowest BCUT2D eigenvalue weighted by Gasteiger charge is -2.26. The van der Waals surface area contributed by atoms with E-state index in [1.54, 1.807) is 11.8 Å². The molecule has 1 aliphatic rings. The first kappa shape index (κ1) is 17.7. The number of nitrogens with one attached hydrogen (secondary N) is 3. The van der Waals surface area contributed by atoms with Gasteiger partial charge >= 0.3 is 0 Å². The first-order valence-corrected chi connectivity index (χ1v) is 7.46. The fraction of sp³-hybridized carbons (Fsp3) is 0.643. The van der Waals surface area contributed by atoms with Gasteiger partial charge in [0.2, 0.25) is 5.91 Å². The summed E-state index contributed by atoms with van der Waals surface area (Å²) in [7, 11) is 3.49. The number of fused-ring (bicyclic) bond motifs is 1.